The van der Waals surface area contributed by atoms with Gasteiger partial charge in [0.15, 0.2) is 0 Å². The molecule has 0 bridgehead atoms. The number of nitrogens with one attached hydrogen (secondary N) is 1. The average molecular weight is 419 g/mol. The first-order valence-corrected chi connectivity index (χ1v) is 10.3. The lowest BCUT2D eigenvalue weighted by molar-refractivity contribution is 0.0775. The third kappa shape index (κ3) is 4.55. The first kappa shape index (κ1) is 20.0. The van der Waals surface area contributed by atoms with E-state index in [4.69, 9.17) is 16.0 Å². The normalized spacial score (nSPS) is 11.2. The van der Waals surface area contributed by atoms with Gasteiger partial charge in [0.25, 0.3) is 15.9 Å². The lowest BCUT2D eigenvalue weighted by atomic mass is 10.1. The lowest BCUT2D eigenvalue weighted by Crippen LogP contribution is -2.26. The summed E-state index contributed by atoms with van der Waals surface area (Å²) in [4.78, 5) is 14.3. The largest absolute Gasteiger partial charge is 0.467 e. The summed E-state index contributed by atoms with van der Waals surface area (Å²) in [5.41, 5.74) is 1.41. The number of anilines is 1. The molecule has 3 aromatic rings. The van der Waals surface area contributed by atoms with Crippen LogP contribution < -0.4 is 4.72 Å². The molecule has 0 spiro atoms. The Labute approximate surface area is 168 Å². The van der Waals surface area contributed by atoms with Gasteiger partial charge in [-0.15, -0.1) is 0 Å². The number of aryl methyl sites for hydroxylation is 1. The second-order valence-corrected chi connectivity index (χ2v) is 8.45. The van der Waals surface area contributed by atoms with Crippen molar-refractivity contribution in [3.8, 4) is 0 Å². The number of nitrogens with zero attached hydrogens (tertiary/aromatic N) is 1. The van der Waals surface area contributed by atoms with E-state index < -0.39 is 10.0 Å². The highest BCUT2D eigenvalue weighted by Gasteiger charge is 2.18. The van der Waals surface area contributed by atoms with Gasteiger partial charge in [-0.2, -0.15) is 0 Å². The number of carbonyl (C=O) groups excluding carboxylic acids is 1. The fourth-order valence-electron chi connectivity index (χ4n) is 2.61. The fourth-order valence-corrected chi connectivity index (χ4v) is 3.86. The molecule has 8 heteroatoms. The molecular weight excluding hydrogens is 400 g/mol. The molecule has 1 amide bonds. The van der Waals surface area contributed by atoms with E-state index in [9.17, 15) is 13.2 Å². The zero-order valence-electron chi connectivity index (χ0n) is 15.3. The molecule has 0 unspecified atom stereocenters. The van der Waals surface area contributed by atoms with Crippen LogP contribution in [0.15, 0.2) is 70.2 Å². The van der Waals surface area contributed by atoms with Gasteiger partial charge >= 0.3 is 0 Å². The van der Waals surface area contributed by atoms with Crippen LogP contribution in [0.3, 0.4) is 0 Å². The number of sulfonamides is 1. The van der Waals surface area contributed by atoms with Crippen LogP contribution in [0.25, 0.3) is 0 Å². The maximum Gasteiger partial charge on any atom is 0.261 e. The highest BCUT2D eigenvalue weighted by atomic mass is 35.5. The number of benzene rings is 2. The molecule has 0 aliphatic heterocycles. The molecule has 0 aliphatic rings. The number of furan rings is 1. The second-order valence-electron chi connectivity index (χ2n) is 6.33. The number of rotatable bonds is 6. The van der Waals surface area contributed by atoms with Crippen molar-refractivity contribution in [2.45, 2.75) is 18.4 Å². The van der Waals surface area contributed by atoms with E-state index in [2.05, 4.69) is 4.72 Å². The molecule has 1 N–H and O–H groups in total. The van der Waals surface area contributed by atoms with Crippen molar-refractivity contribution in [3.05, 3.63) is 82.8 Å². The first-order valence-electron chi connectivity index (χ1n) is 8.43. The van der Waals surface area contributed by atoms with Crippen LogP contribution >= 0.6 is 11.6 Å². The second kappa shape index (κ2) is 8.08. The van der Waals surface area contributed by atoms with Crippen LogP contribution in [-0.4, -0.2) is 26.3 Å². The van der Waals surface area contributed by atoms with Gasteiger partial charge in [-0.05, 0) is 61.0 Å². The molecule has 0 fully saturated rings. The molecule has 2 aromatic carbocycles. The third-order valence-electron chi connectivity index (χ3n) is 4.17. The molecule has 3 rings (SSSR count). The standard InChI is InChI=1S/C20H19ClN2O4S/c1-14-5-6-15(20(24)23(2)13-17-4-3-11-27-17)12-19(14)22-28(25,26)18-9-7-16(21)8-10-18/h3-12,22H,13H2,1-2H3. The molecule has 1 aromatic heterocycles. The van der Waals surface area contributed by atoms with Crippen molar-refractivity contribution in [1.29, 1.82) is 0 Å². The van der Waals surface area contributed by atoms with Gasteiger partial charge in [0, 0.05) is 17.6 Å². The molecule has 6 nitrogen and oxygen atoms in total. The molecule has 0 radical (unpaired) electrons. The van der Waals surface area contributed by atoms with E-state index in [1.165, 1.54) is 35.2 Å². The lowest BCUT2D eigenvalue weighted by Gasteiger charge is -2.17. The van der Waals surface area contributed by atoms with Crippen molar-refractivity contribution in [2.75, 3.05) is 11.8 Å². The average Bonchev–Trinajstić information content (AvgIpc) is 3.16. The van der Waals surface area contributed by atoms with Crippen molar-refractivity contribution in [2.24, 2.45) is 0 Å². The minimum atomic E-state index is -3.80. The Kier molecular flexibility index (Phi) is 5.76. The van der Waals surface area contributed by atoms with Gasteiger partial charge in [-0.25, -0.2) is 8.42 Å². The van der Waals surface area contributed by atoms with Crippen LogP contribution in [0.2, 0.25) is 5.02 Å². The Balaban J connectivity index is 1.83. The topological polar surface area (TPSA) is 79.6 Å². The number of carbonyl (C=O) groups is 1. The van der Waals surface area contributed by atoms with Crippen LogP contribution in [0.5, 0.6) is 0 Å². The Morgan fingerprint density at radius 1 is 1.14 bits per heavy atom. The number of hydrogen-bond donors (Lipinski definition) is 1. The maximum absolute atomic E-state index is 12.7. The SMILES string of the molecule is Cc1ccc(C(=O)N(C)Cc2ccco2)cc1NS(=O)(=O)c1ccc(Cl)cc1. The highest BCUT2D eigenvalue weighted by Crippen LogP contribution is 2.23. The van der Waals surface area contributed by atoms with E-state index in [1.807, 2.05) is 0 Å². The summed E-state index contributed by atoms with van der Waals surface area (Å²) in [7, 11) is -2.15. The Morgan fingerprint density at radius 3 is 2.50 bits per heavy atom. The number of amides is 1. The Morgan fingerprint density at radius 2 is 1.86 bits per heavy atom. The summed E-state index contributed by atoms with van der Waals surface area (Å²) in [5.74, 6) is 0.412. The number of halogens is 1. The molecule has 0 aliphatic carbocycles. The van der Waals surface area contributed by atoms with E-state index >= 15 is 0 Å². The molecule has 0 saturated carbocycles. The summed E-state index contributed by atoms with van der Waals surface area (Å²) in [6, 6.07) is 14.3. The van der Waals surface area contributed by atoms with Gasteiger partial charge in [0.05, 0.1) is 23.4 Å². The minimum Gasteiger partial charge on any atom is -0.467 e. The summed E-state index contributed by atoms with van der Waals surface area (Å²) < 4.78 is 33.1. The van der Waals surface area contributed by atoms with Gasteiger partial charge in [0.2, 0.25) is 0 Å². The third-order valence-corrected chi connectivity index (χ3v) is 5.81. The molecule has 28 heavy (non-hydrogen) atoms. The van der Waals surface area contributed by atoms with Crippen LogP contribution in [0, 0.1) is 6.92 Å². The van der Waals surface area contributed by atoms with Crippen LogP contribution in [0.4, 0.5) is 5.69 Å². The van der Waals surface area contributed by atoms with E-state index in [0.717, 1.165) is 0 Å². The van der Waals surface area contributed by atoms with Crippen LogP contribution in [0.1, 0.15) is 21.7 Å². The Bertz CT molecular complexity index is 1080. The van der Waals surface area contributed by atoms with Crippen molar-refractivity contribution >= 4 is 33.2 Å². The maximum atomic E-state index is 12.7. The summed E-state index contributed by atoms with van der Waals surface area (Å²) in [5, 5.41) is 0.447. The zero-order chi connectivity index (χ0) is 20.3. The van der Waals surface area contributed by atoms with Gasteiger partial charge in [-0.3, -0.25) is 9.52 Å². The molecule has 1 heterocycles. The van der Waals surface area contributed by atoms with Gasteiger partial charge in [0.1, 0.15) is 5.76 Å². The van der Waals surface area contributed by atoms with E-state index in [1.54, 1.807) is 44.5 Å². The van der Waals surface area contributed by atoms with Gasteiger partial charge < -0.3 is 9.32 Å². The fraction of sp³-hybridized carbons (Fsp3) is 0.150. The summed E-state index contributed by atoms with van der Waals surface area (Å²) in [6.45, 7) is 2.08. The monoisotopic (exact) mass is 418 g/mol. The van der Waals surface area contributed by atoms with Gasteiger partial charge in [-0.1, -0.05) is 17.7 Å². The highest BCUT2D eigenvalue weighted by molar-refractivity contribution is 7.92. The minimum absolute atomic E-state index is 0.0861. The molecular formula is C20H19ClN2O4S. The van der Waals surface area contributed by atoms with Crippen LogP contribution in [-0.2, 0) is 16.6 Å². The van der Waals surface area contributed by atoms with Crippen molar-refractivity contribution in [1.82, 2.24) is 4.90 Å². The summed E-state index contributed by atoms with van der Waals surface area (Å²) >= 11 is 5.82. The quantitative estimate of drug-likeness (QED) is 0.646. The predicted octanol–water partition coefficient (Wildman–Crippen LogP) is 4.31. The van der Waals surface area contributed by atoms with E-state index in [0.29, 0.717) is 34.1 Å². The smallest absolute Gasteiger partial charge is 0.261 e. The van der Waals surface area contributed by atoms with Crippen molar-refractivity contribution < 1.29 is 17.6 Å². The Hall–Kier alpha value is -2.77. The van der Waals surface area contributed by atoms with E-state index in [-0.39, 0.29) is 10.8 Å². The predicted molar refractivity (Wildman–Crippen MR) is 108 cm³/mol. The van der Waals surface area contributed by atoms with Crippen molar-refractivity contribution in [3.63, 3.8) is 0 Å². The molecule has 0 saturated heterocycles. The molecule has 0 atom stereocenters. The number of hydrogen-bond acceptors (Lipinski definition) is 4. The summed E-state index contributed by atoms with van der Waals surface area (Å²) in [6.07, 6.45) is 1.54. The molecule has 146 valence electrons. The zero-order valence-corrected chi connectivity index (χ0v) is 16.9. The first-order chi connectivity index (χ1) is 13.3.